The van der Waals surface area contributed by atoms with E-state index in [1.807, 2.05) is 0 Å². The van der Waals surface area contributed by atoms with E-state index in [1.165, 1.54) is 0 Å². The van der Waals surface area contributed by atoms with Crippen LogP contribution in [0.3, 0.4) is 0 Å². The number of aromatic nitrogens is 1. The maximum Gasteiger partial charge on any atom is 0.256 e. The zero-order valence-corrected chi connectivity index (χ0v) is 10.6. The molecule has 1 aromatic rings. The van der Waals surface area contributed by atoms with Crippen molar-refractivity contribution in [3.8, 4) is 0 Å². The van der Waals surface area contributed by atoms with Crippen LogP contribution in [0.2, 0.25) is 0 Å². The SMILES string of the molecule is CC1(O)CCN(C(=O)c2cccnc2Br)C1. The molecule has 86 valence electrons. The molecule has 0 saturated carbocycles. The molecule has 0 radical (unpaired) electrons. The summed E-state index contributed by atoms with van der Waals surface area (Å²) < 4.78 is 0.548. The lowest BCUT2D eigenvalue weighted by Crippen LogP contribution is -2.34. The predicted molar refractivity (Wildman–Crippen MR) is 63.1 cm³/mol. The zero-order chi connectivity index (χ0) is 11.8. The third kappa shape index (κ3) is 2.25. The summed E-state index contributed by atoms with van der Waals surface area (Å²) in [6.07, 6.45) is 2.25. The summed E-state index contributed by atoms with van der Waals surface area (Å²) >= 11 is 3.25. The lowest BCUT2D eigenvalue weighted by Gasteiger charge is -2.19. The van der Waals surface area contributed by atoms with Gasteiger partial charge in [0.1, 0.15) is 4.60 Å². The maximum absolute atomic E-state index is 12.1. The average Bonchev–Trinajstić information content (AvgIpc) is 2.59. The Balaban J connectivity index is 2.18. The molecule has 1 unspecified atom stereocenters. The Hall–Kier alpha value is -0.940. The largest absolute Gasteiger partial charge is 0.388 e. The molecular formula is C11H13BrN2O2. The van der Waals surface area contributed by atoms with Crippen LogP contribution in [0.25, 0.3) is 0 Å². The van der Waals surface area contributed by atoms with E-state index < -0.39 is 5.60 Å². The molecule has 1 aromatic heterocycles. The van der Waals surface area contributed by atoms with Gasteiger partial charge in [-0.15, -0.1) is 0 Å². The van der Waals surface area contributed by atoms with Gasteiger partial charge in [-0.25, -0.2) is 4.98 Å². The Morgan fingerprint density at radius 3 is 3.00 bits per heavy atom. The normalized spacial score (nSPS) is 24.8. The van der Waals surface area contributed by atoms with Gasteiger partial charge >= 0.3 is 0 Å². The molecule has 16 heavy (non-hydrogen) atoms. The van der Waals surface area contributed by atoms with Crippen LogP contribution in [0.4, 0.5) is 0 Å². The highest BCUT2D eigenvalue weighted by molar-refractivity contribution is 9.10. The van der Waals surface area contributed by atoms with Crippen molar-refractivity contribution < 1.29 is 9.90 Å². The number of halogens is 1. The van der Waals surface area contributed by atoms with Crippen LogP contribution in [0, 0.1) is 0 Å². The summed E-state index contributed by atoms with van der Waals surface area (Å²) in [6, 6.07) is 3.46. The van der Waals surface area contributed by atoms with Crippen molar-refractivity contribution in [1.29, 1.82) is 0 Å². The molecule has 1 saturated heterocycles. The van der Waals surface area contributed by atoms with Gasteiger partial charge in [0.2, 0.25) is 0 Å². The third-order valence-electron chi connectivity index (χ3n) is 2.73. The first-order chi connectivity index (χ1) is 7.49. The fourth-order valence-corrected chi connectivity index (χ4v) is 2.25. The summed E-state index contributed by atoms with van der Waals surface area (Å²) in [5.74, 6) is -0.0854. The molecular weight excluding hydrogens is 272 g/mol. The van der Waals surface area contributed by atoms with Gasteiger partial charge in [-0.2, -0.15) is 0 Å². The highest BCUT2D eigenvalue weighted by atomic mass is 79.9. The van der Waals surface area contributed by atoms with E-state index in [2.05, 4.69) is 20.9 Å². The van der Waals surface area contributed by atoms with Crippen LogP contribution in [-0.2, 0) is 0 Å². The van der Waals surface area contributed by atoms with E-state index in [4.69, 9.17) is 0 Å². The fraction of sp³-hybridized carbons (Fsp3) is 0.455. The van der Waals surface area contributed by atoms with Crippen LogP contribution in [0.15, 0.2) is 22.9 Å². The van der Waals surface area contributed by atoms with Gasteiger partial charge in [0.15, 0.2) is 0 Å². The van der Waals surface area contributed by atoms with Crippen molar-refractivity contribution in [1.82, 2.24) is 9.88 Å². The third-order valence-corrected chi connectivity index (χ3v) is 3.36. The molecule has 5 heteroatoms. The summed E-state index contributed by atoms with van der Waals surface area (Å²) in [5.41, 5.74) is -0.218. The maximum atomic E-state index is 12.1. The van der Waals surface area contributed by atoms with Gasteiger partial charge in [-0.1, -0.05) is 0 Å². The number of hydrogen-bond acceptors (Lipinski definition) is 3. The number of carbonyl (C=O) groups is 1. The van der Waals surface area contributed by atoms with Gasteiger partial charge in [-0.05, 0) is 41.4 Å². The van der Waals surface area contributed by atoms with E-state index >= 15 is 0 Å². The second-order valence-electron chi connectivity index (χ2n) is 4.32. The monoisotopic (exact) mass is 284 g/mol. The van der Waals surface area contributed by atoms with E-state index in [9.17, 15) is 9.90 Å². The minimum atomic E-state index is -0.760. The van der Waals surface area contributed by atoms with E-state index in [-0.39, 0.29) is 5.91 Å². The molecule has 2 heterocycles. The lowest BCUT2D eigenvalue weighted by molar-refractivity contribution is 0.0571. The molecule has 4 nitrogen and oxygen atoms in total. The number of nitrogens with zero attached hydrogens (tertiary/aromatic N) is 2. The molecule has 1 amide bonds. The van der Waals surface area contributed by atoms with Gasteiger partial charge in [0.05, 0.1) is 11.2 Å². The van der Waals surface area contributed by atoms with Crippen molar-refractivity contribution in [2.75, 3.05) is 13.1 Å². The van der Waals surface area contributed by atoms with Crippen molar-refractivity contribution >= 4 is 21.8 Å². The molecule has 2 rings (SSSR count). The average molecular weight is 285 g/mol. The predicted octanol–water partition coefficient (Wildman–Crippen LogP) is 1.44. The molecule has 1 N–H and O–H groups in total. The molecule has 0 aromatic carbocycles. The first kappa shape index (κ1) is 11.5. The Labute approximate surface area is 102 Å². The Morgan fingerprint density at radius 2 is 2.44 bits per heavy atom. The highest BCUT2D eigenvalue weighted by Crippen LogP contribution is 2.23. The van der Waals surface area contributed by atoms with E-state index in [0.717, 1.165) is 0 Å². The Bertz CT molecular complexity index is 420. The standard InChI is InChI=1S/C11H13BrN2O2/c1-11(16)4-6-14(7-11)10(15)8-3-2-5-13-9(8)12/h2-3,5,16H,4,6-7H2,1H3. The van der Waals surface area contributed by atoms with Crippen LogP contribution >= 0.6 is 15.9 Å². The summed E-state index contributed by atoms with van der Waals surface area (Å²) in [5, 5.41) is 9.81. The van der Waals surface area contributed by atoms with Gasteiger partial charge in [-0.3, -0.25) is 4.79 Å². The van der Waals surface area contributed by atoms with Crippen molar-refractivity contribution in [2.45, 2.75) is 18.9 Å². The Morgan fingerprint density at radius 1 is 1.69 bits per heavy atom. The minimum Gasteiger partial charge on any atom is -0.388 e. The fourth-order valence-electron chi connectivity index (χ4n) is 1.83. The smallest absolute Gasteiger partial charge is 0.256 e. The first-order valence-electron chi connectivity index (χ1n) is 5.12. The number of hydrogen-bond donors (Lipinski definition) is 1. The molecule has 1 fully saturated rings. The van der Waals surface area contributed by atoms with Gasteiger partial charge in [0, 0.05) is 19.3 Å². The lowest BCUT2D eigenvalue weighted by atomic mass is 10.1. The summed E-state index contributed by atoms with van der Waals surface area (Å²) in [7, 11) is 0. The first-order valence-corrected chi connectivity index (χ1v) is 5.91. The molecule has 1 aliphatic heterocycles. The molecule has 0 bridgehead atoms. The number of β-amino-alcohol motifs (C(OH)–C–C–N with tert-alkyl or cyclic N) is 1. The van der Waals surface area contributed by atoms with Crippen LogP contribution in [-0.4, -0.2) is 39.6 Å². The molecule has 0 spiro atoms. The van der Waals surface area contributed by atoms with Crippen LogP contribution < -0.4 is 0 Å². The van der Waals surface area contributed by atoms with Crippen molar-refractivity contribution in [2.24, 2.45) is 0 Å². The quantitative estimate of drug-likeness (QED) is 0.794. The van der Waals surface area contributed by atoms with Crippen molar-refractivity contribution in [3.05, 3.63) is 28.5 Å². The number of pyridine rings is 1. The van der Waals surface area contributed by atoms with E-state index in [1.54, 1.807) is 30.2 Å². The van der Waals surface area contributed by atoms with E-state index in [0.29, 0.717) is 29.7 Å². The molecule has 1 atom stereocenters. The Kier molecular flexibility index (Phi) is 2.99. The van der Waals surface area contributed by atoms with Gasteiger partial charge in [0.25, 0.3) is 5.91 Å². The number of carbonyl (C=O) groups excluding carboxylic acids is 1. The molecule has 0 aliphatic carbocycles. The van der Waals surface area contributed by atoms with Crippen LogP contribution in [0.1, 0.15) is 23.7 Å². The summed E-state index contributed by atoms with van der Waals surface area (Å²) in [4.78, 5) is 17.8. The second-order valence-corrected chi connectivity index (χ2v) is 5.07. The van der Waals surface area contributed by atoms with Crippen LogP contribution in [0.5, 0.6) is 0 Å². The second kappa shape index (κ2) is 4.14. The molecule has 1 aliphatic rings. The zero-order valence-electron chi connectivity index (χ0n) is 8.98. The number of rotatable bonds is 1. The van der Waals surface area contributed by atoms with Gasteiger partial charge < -0.3 is 10.0 Å². The van der Waals surface area contributed by atoms with Crippen molar-refractivity contribution in [3.63, 3.8) is 0 Å². The summed E-state index contributed by atoms with van der Waals surface area (Å²) in [6.45, 7) is 2.72. The number of amides is 1. The topological polar surface area (TPSA) is 53.4 Å². The number of likely N-dealkylation sites (tertiary alicyclic amines) is 1. The minimum absolute atomic E-state index is 0.0854. The number of aliphatic hydroxyl groups is 1. The highest BCUT2D eigenvalue weighted by Gasteiger charge is 2.34.